The van der Waals surface area contributed by atoms with E-state index in [-0.39, 0.29) is 16.4 Å². The Morgan fingerprint density at radius 3 is 2.73 bits per heavy atom. The molecule has 0 aliphatic heterocycles. The number of phenolic OH excluding ortho intramolecular Hbond substituents is 1. The van der Waals surface area contributed by atoms with Crippen molar-refractivity contribution >= 4 is 29.0 Å². The standard InChI is InChI=1S/C9H10N2O3S/c1-14-8(13)6-3-2-5(4-7(6)12)11-9(10)15/h2-4,12H,1H3,(H3,10,11,15). The average molecular weight is 226 g/mol. The van der Waals surface area contributed by atoms with Crippen molar-refractivity contribution in [3.05, 3.63) is 23.8 Å². The topological polar surface area (TPSA) is 84.6 Å². The second-order valence-electron chi connectivity index (χ2n) is 2.71. The molecule has 80 valence electrons. The Labute approximate surface area is 91.8 Å². The minimum atomic E-state index is -0.602. The Hall–Kier alpha value is -1.82. The Kier molecular flexibility index (Phi) is 3.46. The number of nitrogens with two attached hydrogens (primary N) is 1. The quantitative estimate of drug-likeness (QED) is 0.511. The Morgan fingerprint density at radius 1 is 1.60 bits per heavy atom. The molecule has 1 aromatic rings. The fourth-order valence-corrected chi connectivity index (χ4v) is 1.15. The van der Waals surface area contributed by atoms with Gasteiger partial charge in [0.25, 0.3) is 0 Å². The zero-order chi connectivity index (χ0) is 11.4. The van der Waals surface area contributed by atoms with Crippen molar-refractivity contribution in [1.82, 2.24) is 0 Å². The third-order valence-corrected chi connectivity index (χ3v) is 1.77. The van der Waals surface area contributed by atoms with E-state index in [0.717, 1.165) is 0 Å². The number of hydrogen-bond donors (Lipinski definition) is 3. The monoisotopic (exact) mass is 226 g/mol. The number of thiocarbonyl (C=S) groups is 1. The summed E-state index contributed by atoms with van der Waals surface area (Å²) in [7, 11) is 1.24. The highest BCUT2D eigenvalue weighted by atomic mass is 32.1. The average Bonchev–Trinajstić information content (AvgIpc) is 2.16. The van der Waals surface area contributed by atoms with E-state index in [9.17, 15) is 9.90 Å². The molecule has 0 aromatic heterocycles. The van der Waals surface area contributed by atoms with Gasteiger partial charge in [0.05, 0.1) is 7.11 Å². The van der Waals surface area contributed by atoms with Crippen LogP contribution < -0.4 is 11.1 Å². The molecular formula is C9H10N2O3S. The molecule has 15 heavy (non-hydrogen) atoms. The van der Waals surface area contributed by atoms with Crippen molar-refractivity contribution < 1.29 is 14.6 Å². The molecule has 0 unspecified atom stereocenters. The van der Waals surface area contributed by atoms with Crippen LogP contribution in [0.1, 0.15) is 10.4 Å². The number of phenols is 1. The number of aromatic hydroxyl groups is 1. The van der Waals surface area contributed by atoms with Crippen molar-refractivity contribution in [3.63, 3.8) is 0 Å². The highest BCUT2D eigenvalue weighted by Crippen LogP contribution is 2.22. The largest absolute Gasteiger partial charge is 0.507 e. The third kappa shape index (κ3) is 2.81. The summed E-state index contributed by atoms with van der Waals surface area (Å²) in [6.45, 7) is 0. The SMILES string of the molecule is COC(=O)c1ccc(NC(N)=S)cc1O. The maximum Gasteiger partial charge on any atom is 0.341 e. The summed E-state index contributed by atoms with van der Waals surface area (Å²) in [6, 6.07) is 4.32. The first-order valence-electron chi connectivity index (χ1n) is 4.02. The predicted molar refractivity (Wildman–Crippen MR) is 59.9 cm³/mol. The number of rotatable bonds is 2. The van der Waals surface area contributed by atoms with E-state index in [2.05, 4.69) is 22.3 Å². The maximum atomic E-state index is 11.1. The number of hydrogen-bond acceptors (Lipinski definition) is 4. The number of benzene rings is 1. The van der Waals surface area contributed by atoms with Crippen molar-refractivity contribution in [2.45, 2.75) is 0 Å². The van der Waals surface area contributed by atoms with E-state index in [1.54, 1.807) is 6.07 Å². The number of anilines is 1. The molecule has 0 amide bonds. The Bertz CT molecular complexity index is 406. The molecular weight excluding hydrogens is 216 g/mol. The summed E-state index contributed by atoms with van der Waals surface area (Å²) in [4.78, 5) is 11.1. The van der Waals surface area contributed by atoms with Crippen LogP contribution in [0.4, 0.5) is 5.69 Å². The van der Waals surface area contributed by atoms with Crippen molar-refractivity contribution in [3.8, 4) is 5.75 Å². The first kappa shape index (κ1) is 11.3. The van der Waals surface area contributed by atoms with Gasteiger partial charge < -0.3 is 20.9 Å². The highest BCUT2D eigenvalue weighted by Gasteiger charge is 2.11. The van der Waals surface area contributed by atoms with Gasteiger partial charge >= 0.3 is 5.97 Å². The maximum absolute atomic E-state index is 11.1. The lowest BCUT2D eigenvalue weighted by Gasteiger charge is -2.06. The lowest BCUT2D eigenvalue weighted by molar-refractivity contribution is 0.0597. The molecule has 1 rings (SSSR count). The van der Waals surface area contributed by atoms with Crippen LogP contribution >= 0.6 is 12.2 Å². The summed E-state index contributed by atoms with van der Waals surface area (Å²) in [5.74, 6) is -0.794. The van der Waals surface area contributed by atoms with Crippen LogP contribution in [0.15, 0.2) is 18.2 Å². The van der Waals surface area contributed by atoms with Crippen molar-refractivity contribution in [2.75, 3.05) is 12.4 Å². The van der Waals surface area contributed by atoms with E-state index in [1.165, 1.54) is 19.2 Å². The number of esters is 1. The summed E-state index contributed by atoms with van der Waals surface area (Å²) >= 11 is 4.62. The summed E-state index contributed by atoms with van der Waals surface area (Å²) in [6.07, 6.45) is 0. The minimum Gasteiger partial charge on any atom is -0.507 e. The smallest absolute Gasteiger partial charge is 0.341 e. The zero-order valence-corrected chi connectivity index (χ0v) is 8.80. The van der Waals surface area contributed by atoms with Gasteiger partial charge in [0, 0.05) is 11.8 Å². The van der Waals surface area contributed by atoms with Crippen LogP contribution in [-0.4, -0.2) is 23.3 Å². The van der Waals surface area contributed by atoms with E-state index in [1.807, 2.05) is 0 Å². The van der Waals surface area contributed by atoms with Gasteiger partial charge in [0.1, 0.15) is 11.3 Å². The fourth-order valence-electron chi connectivity index (χ4n) is 1.03. The third-order valence-electron chi connectivity index (χ3n) is 1.67. The van der Waals surface area contributed by atoms with Gasteiger partial charge in [0.2, 0.25) is 0 Å². The molecule has 0 saturated heterocycles. The normalized spacial score (nSPS) is 9.40. The molecule has 0 aliphatic rings. The Morgan fingerprint density at radius 2 is 2.27 bits per heavy atom. The molecule has 0 spiro atoms. The van der Waals surface area contributed by atoms with E-state index < -0.39 is 5.97 Å². The first-order valence-corrected chi connectivity index (χ1v) is 4.43. The zero-order valence-electron chi connectivity index (χ0n) is 7.98. The van der Waals surface area contributed by atoms with Gasteiger partial charge in [-0.25, -0.2) is 4.79 Å². The number of carbonyl (C=O) groups is 1. The van der Waals surface area contributed by atoms with Crippen molar-refractivity contribution in [2.24, 2.45) is 5.73 Å². The predicted octanol–water partition coefficient (Wildman–Crippen LogP) is 0.834. The molecule has 0 fully saturated rings. The van der Waals surface area contributed by atoms with Crippen LogP contribution in [0.25, 0.3) is 0 Å². The molecule has 6 heteroatoms. The lowest BCUT2D eigenvalue weighted by Crippen LogP contribution is -2.18. The molecule has 0 saturated carbocycles. The number of carbonyl (C=O) groups excluding carboxylic acids is 1. The molecule has 4 N–H and O–H groups in total. The molecule has 0 bridgehead atoms. The van der Waals surface area contributed by atoms with E-state index >= 15 is 0 Å². The van der Waals surface area contributed by atoms with Crippen LogP contribution in [0.2, 0.25) is 0 Å². The first-order chi connectivity index (χ1) is 7.04. The number of nitrogens with one attached hydrogen (secondary N) is 1. The molecule has 1 aromatic carbocycles. The number of methoxy groups -OCH3 is 1. The van der Waals surface area contributed by atoms with Gasteiger partial charge in [-0.3, -0.25) is 0 Å². The van der Waals surface area contributed by atoms with Crippen LogP contribution in [0.3, 0.4) is 0 Å². The van der Waals surface area contributed by atoms with Gasteiger partial charge in [-0.15, -0.1) is 0 Å². The molecule has 0 aliphatic carbocycles. The van der Waals surface area contributed by atoms with Crippen LogP contribution in [-0.2, 0) is 4.74 Å². The number of ether oxygens (including phenoxy) is 1. The van der Waals surface area contributed by atoms with Crippen LogP contribution in [0.5, 0.6) is 5.75 Å². The van der Waals surface area contributed by atoms with E-state index in [0.29, 0.717) is 5.69 Å². The molecule has 0 atom stereocenters. The van der Waals surface area contributed by atoms with Gasteiger partial charge in [-0.05, 0) is 24.4 Å². The van der Waals surface area contributed by atoms with Crippen molar-refractivity contribution in [1.29, 1.82) is 0 Å². The highest BCUT2D eigenvalue weighted by molar-refractivity contribution is 7.80. The second kappa shape index (κ2) is 4.61. The van der Waals surface area contributed by atoms with E-state index in [4.69, 9.17) is 5.73 Å². The fraction of sp³-hybridized carbons (Fsp3) is 0.111. The van der Waals surface area contributed by atoms with Crippen LogP contribution in [0, 0.1) is 0 Å². The molecule has 0 radical (unpaired) electrons. The summed E-state index contributed by atoms with van der Waals surface area (Å²) < 4.78 is 4.47. The van der Waals surface area contributed by atoms with Gasteiger partial charge in [0.15, 0.2) is 5.11 Å². The summed E-state index contributed by atoms with van der Waals surface area (Å²) in [5.41, 5.74) is 5.84. The van der Waals surface area contributed by atoms with Gasteiger partial charge in [-0.2, -0.15) is 0 Å². The summed E-state index contributed by atoms with van der Waals surface area (Å²) in [5, 5.41) is 12.2. The molecule has 5 nitrogen and oxygen atoms in total. The lowest BCUT2D eigenvalue weighted by atomic mass is 10.2. The second-order valence-corrected chi connectivity index (χ2v) is 3.15. The Balaban J connectivity index is 2.97. The minimum absolute atomic E-state index is 0.0835. The molecule has 0 heterocycles. The van der Waals surface area contributed by atoms with Gasteiger partial charge in [-0.1, -0.05) is 0 Å².